The van der Waals surface area contributed by atoms with E-state index in [2.05, 4.69) is 10.1 Å². The van der Waals surface area contributed by atoms with Gasteiger partial charge in [-0.1, -0.05) is 11.6 Å². The minimum Gasteiger partial charge on any atom is -0.467 e. The normalized spacial score (nSPS) is 17.0. The lowest BCUT2D eigenvalue weighted by Crippen LogP contribution is -2.35. The molecule has 26 heavy (non-hydrogen) atoms. The van der Waals surface area contributed by atoms with Gasteiger partial charge in [-0.05, 0) is 18.9 Å². The fraction of sp³-hybridized carbons (Fsp3) is 0.467. The molecule has 0 amide bonds. The zero-order valence-electron chi connectivity index (χ0n) is 13.6. The van der Waals surface area contributed by atoms with Gasteiger partial charge in [0.05, 0.1) is 29.9 Å². The molecule has 1 atom stereocenters. The highest BCUT2D eigenvalue weighted by Gasteiger charge is 2.34. The van der Waals surface area contributed by atoms with Crippen molar-refractivity contribution in [1.82, 2.24) is 19.3 Å². The van der Waals surface area contributed by atoms with Crippen LogP contribution in [0.15, 0.2) is 17.1 Å². The monoisotopic (exact) mass is 390 g/mol. The van der Waals surface area contributed by atoms with Crippen LogP contribution >= 0.6 is 11.6 Å². The number of methoxy groups -OCH3 is 1. The van der Waals surface area contributed by atoms with Crippen LogP contribution < -0.4 is 5.69 Å². The number of alkyl halides is 3. The van der Waals surface area contributed by atoms with Gasteiger partial charge in [-0.3, -0.25) is 9.55 Å². The largest absolute Gasteiger partial charge is 0.467 e. The second kappa shape index (κ2) is 6.75. The first-order chi connectivity index (χ1) is 12.2. The van der Waals surface area contributed by atoms with Crippen molar-refractivity contribution in [3.8, 4) is 0 Å². The Kier molecular flexibility index (Phi) is 4.78. The van der Waals surface area contributed by atoms with Crippen LogP contribution in [0.5, 0.6) is 0 Å². The Bertz CT molecular complexity index is 907. The van der Waals surface area contributed by atoms with E-state index in [0.29, 0.717) is 25.1 Å². The van der Waals surface area contributed by atoms with Gasteiger partial charge in [-0.2, -0.15) is 18.3 Å². The third kappa shape index (κ3) is 3.33. The SMILES string of the molecule is COC(=O)[C@@H]1CCCc2nn(Cc3cc(C(F)(F)F)c(Cl)cn3)c(=O)n21. The summed E-state index contributed by atoms with van der Waals surface area (Å²) < 4.78 is 45.8. The molecule has 2 aromatic heterocycles. The van der Waals surface area contributed by atoms with E-state index >= 15 is 0 Å². The highest BCUT2D eigenvalue weighted by molar-refractivity contribution is 6.31. The second-order valence-corrected chi connectivity index (χ2v) is 6.22. The van der Waals surface area contributed by atoms with Gasteiger partial charge in [-0.15, -0.1) is 0 Å². The zero-order chi connectivity index (χ0) is 19.1. The Labute approximate surface area is 150 Å². The van der Waals surface area contributed by atoms with Crippen LogP contribution in [0.1, 0.15) is 36.0 Å². The number of rotatable bonds is 3. The summed E-state index contributed by atoms with van der Waals surface area (Å²) in [5.41, 5.74) is -1.65. The molecule has 0 fully saturated rings. The quantitative estimate of drug-likeness (QED) is 0.751. The van der Waals surface area contributed by atoms with E-state index in [1.54, 1.807) is 0 Å². The van der Waals surface area contributed by atoms with Crippen LogP contribution in [0.25, 0.3) is 0 Å². The van der Waals surface area contributed by atoms with Gasteiger partial charge in [0.1, 0.15) is 11.9 Å². The molecule has 7 nitrogen and oxygen atoms in total. The third-order valence-electron chi connectivity index (χ3n) is 4.13. The van der Waals surface area contributed by atoms with Crippen molar-refractivity contribution in [3.63, 3.8) is 0 Å². The van der Waals surface area contributed by atoms with Crippen LogP contribution in [0.3, 0.4) is 0 Å². The van der Waals surface area contributed by atoms with E-state index < -0.39 is 34.5 Å². The molecule has 0 saturated heterocycles. The number of fused-ring (bicyclic) bond motifs is 1. The average Bonchev–Trinajstić information content (AvgIpc) is 2.91. The van der Waals surface area contributed by atoms with Crippen LogP contribution in [-0.4, -0.2) is 32.4 Å². The van der Waals surface area contributed by atoms with Crippen molar-refractivity contribution >= 4 is 17.6 Å². The molecule has 140 valence electrons. The Balaban J connectivity index is 1.97. The molecule has 3 rings (SSSR count). The van der Waals surface area contributed by atoms with Crippen LogP contribution in [-0.2, 0) is 28.7 Å². The predicted molar refractivity (Wildman–Crippen MR) is 83.8 cm³/mol. The van der Waals surface area contributed by atoms with E-state index in [0.717, 1.165) is 16.9 Å². The minimum absolute atomic E-state index is 0.0195. The number of hydrogen-bond donors (Lipinski definition) is 0. The summed E-state index contributed by atoms with van der Waals surface area (Å²) in [5, 5.41) is 3.61. The van der Waals surface area contributed by atoms with E-state index in [1.807, 2.05) is 0 Å². The van der Waals surface area contributed by atoms with Crippen LogP contribution in [0.2, 0.25) is 5.02 Å². The lowest BCUT2D eigenvalue weighted by atomic mass is 10.1. The highest BCUT2D eigenvalue weighted by Crippen LogP contribution is 2.34. The Hall–Kier alpha value is -2.36. The summed E-state index contributed by atoms with van der Waals surface area (Å²) in [7, 11) is 1.22. The van der Waals surface area contributed by atoms with E-state index in [9.17, 15) is 22.8 Å². The number of pyridine rings is 1. The van der Waals surface area contributed by atoms with Gasteiger partial charge in [0.2, 0.25) is 0 Å². The maximum Gasteiger partial charge on any atom is 0.417 e. The van der Waals surface area contributed by atoms with E-state index in [4.69, 9.17) is 16.3 Å². The summed E-state index contributed by atoms with van der Waals surface area (Å²) in [4.78, 5) is 28.3. The number of hydrogen-bond acceptors (Lipinski definition) is 5. The van der Waals surface area contributed by atoms with Crippen molar-refractivity contribution in [2.45, 2.75) is 38.0 Å². The summed E-state index contributed by atoms with van der Waals surface area (Å²) in [6, 6.07) is -0.000777. The number of carbonyl (C=O) groups is 1. The number of nitrogens with zero attached hydrogens (tertiary/aromatic N) is 4. The van der Waals surface area contributed by atoms with Crippen LogP contribution in [0.4, 0.5) is 13.2 Å². The lowest BCUT2D eigenvalue weighted by Gasteiger charge is -2.20. The number of carbonyl (C=O) groups excluding carboxylic acids is 1. The first-order valence-electron chi connectivity index (χ1n) is 7.70. The summed E-state index contributed by atoms with van der Waals surface area (Å²) in [5.74, 6) is -0.168. The Morgan fingerprint density at radius 2 is 2.19 bits per heavy atom. The van der Waals surface area contributed by atoms with Gasteiger partial charge < -0.3 is 4.74 Å². The van der Waals surface area contributed by atoms with Gasteiger partial charge in [0.25, 0.3) is 0 Å². The van der Waals surface area contributed by atoms with Crippen LogP contribution in [0, 0.1) is 0 Å². The summed E-state index contributed by atoms with van der Waals surface area (Å²) >= 11 is 5.55. The van der Waals surface area contributed by atoms with Crippen molar-refractivity contribution in [3.05, 3.63) is 44.9 Å². The fourth-order valence-electron chi connectivity index (χ4n) is 2.93. The number of ether oxygens (including phenoxy) is 1. The van der Waals surface area contributed by atoms with Crippen molar-refractivity contribution in [2.24, 2.45) is 0 Å². The zero-order valence-corrected chi connectivity index (χ0v) is 14.3. The number of halogens is 4. The van der Waals surface area contributed by atoms with Gasteiger partial charge in [0.15, 0.2) is 0 Å². The average molecular weight is 391 g/mol. The maximum atomic E-state index is 13.0. The molecule has 0 saturated carbocycles. The molecule has 0 bridgehead atoms. The summed E-state index contributed by atoms with van der Waals surface area (Å²) in [6.45, 7) is -0.271. The first kappa shape index (κ1) is 18.4. The maximum absolute atomic E-state index is 13.0. The molecule has 0 aromatic carbocycles. The van der Waals surface area contributed by atoms with Gasteiger partial charge >= 0.3 is 17.8 Å². The molecule has 0 radical (unpaired) electrons. The Morgan fingerprint density at radius 3 is 2.85 bits per heavy atom. The van der Waals surface area contributed by atoms with Crippen molar-refractivity contribution in [2.75, 3.05) is 7.11 Å². The van der Waals surface area contributed by atoms with E-state index in [-0.39, 0.29) is 12.2 Å². The molecular formula is C15H14ClF3N4O3. The molecule has 0 unspecified atom stereocenters. The molecule has 1 aliphatic heterocycles. The van der Waals surface area contributed by atoms with Crippen molar-refractivity contribution < 1.29 is 22.7 Å². The van der Waals surface area contributed by atoms with Crippen molar-refractivity contribution in [1.29, 1.82) is 0 Å². The predicted octanol–water partition coefficient (Wildman–Crippen LogP) is 2.21. The summed E-state index contributed by atoms with van der Waals surface area (Å²) in [6.07, 6.45) is -2.19. The number of esters is 1. The molecular weight excluding hydrogens is 377 g/mol. The van der Waals surface area contributed by atoms with E-state index in [1.165, 1.54) is 11.7 Å². The minimum atomic E-state index is -4.64. The fourth-order valence-corrected chi connectivity index (χ4v) is 3.14. The molecule has 1 aliphatic rings. The number of aromatic nitrogens is 4. The molecule has 0 aliphatic carbocycles. The smallest absolute Gasteiger partial charge is 0.417 e. The molecule has 2 aromatic rings. The lowest BCUT2D eigenvalue weighted by molar-refractivity contribution is -0.145. The molecule has 11 heteroatoms. The first-order valence-corrected chi connectivity index (χ1v) is 8.08. The topological polar surface area (TPSA) is 79.0 Å². The Morgan fingerprint density at radius 1 is 1.46 bits per heavy atom. The van der Waals surface area contributed by atoms with Gasteiger partial charge in [-0.25, -0.2) is 14.3 Å². The standard InChI is InChI=1S/C15H14ClF3N4O3/c1-26-13(24)11-3-2-4-12-21-22(14(25)23(11)12)7-8-5-9(15(17,18)19)10(16)6-20-8/h5-6,11H,2-4,7H2,1H3/t11-/m0/s1. The van der Waals surface area contributed by atoms with Gasteiger partial charge in [0, 0.05) is 12.6 Å². The highest BCUT2D eigenvalue weighted by atomic mass is 35.5. The second-order valence-electron chi connectivity index (χ2n) is 5.81. The number of aryl methyl sites for hydroxylation is 1. The molecule has 0 spiro atoms. The third-order valence-corrected chi connectivity index (χ3v) is 4.43. The molecule has 3 heterocycles. The molecule has 0 N–H and O–H groups in total.